The molecule has 1 aliphatic rings. The van der Waals surface area contributed by atoms with E-state index in [1.165, 1.54) is 0 Å². The molecule has 1 aromatic rings. The molecule has 1 saturated heterocycles. The van der Waals surface area contributed by atoms with Crippen LogP contribution in [0.5, 0.6) is 5.75 Å². The zero-order chi connectivity index (χ0) is 12.3. The fraction of sp³-hybridized carbons (Fsp3) is 0.462. The van der Waals surface area contributed by atoms with E-state index in [-0.39, 0.29) is 12.0 Å². The van der Waals surface area contributed by atoms with E-state index in [4.69, 9.17) is 4.74 Å². The van der Waals surface area contributed by atoms with E-state index in [1.54, 1.807) is 24.1 Å². The fourth-order valence-electron chi connectivity index (χ4n) is 2.01. The predicted molar refractivity (Wildman–Crippen MR) is 64.1 cm³/mol. The van der Waals surface area contributed by atoms with Crippen molar-refractivity contribution in [3.63, 3.8) is 0 Å². The van der Waals surface area contributed by atoms with Gasteiger partial charge in [0.2, 0.25) is 0 Å². The molecule has 0 spiro atoms. The van der Waals surface area contributed by atoms with Crippen LogP contribution in [-0.4, -0.2) is 42.2 Å². The van der Waals surface area contributed by atoms with Crippen molar-refractivity contribution >= 4 is 5.91 Å². The molecular formula is C13H17NO3. The number of carbonyl (C=O) groups excluding carboxylic acids is 1. The highest BCUT2D eigenvalue weighted by molar-refractivity contribution is 5.94. The van der Waals surface area contributed by atoms with E-state index in [9.17, 15) is 9.90 Å². The summed E-state index contributed by atoms with van der Waals surface area (Å²) in [6, 6.07) is 7.16. The summed E-state index contributed by atoms with van der Waals surface area (Å²) < 4.78 is 5.10. The van der Waals surface area contributed by atoms with E-state index >= 15 is 0 Å². The molecule has 1 fully saturated rings. The van der Waals surface area contributed by atoms with Crippen LogP contribution in [0.25, 0.3) is 0 Å². The van der Waals surface area contributed by atoms with Crippen LogP contribution in [0.3, 0.4) is 0 Å². The summed E-state index contributed by atoms with van der Waals surface area (Å²) in [5.41, 5.74) is 0.640. The number of amides is 1. The van der Waals surface area contributed by atoms with Gasteiger partial charge in [-0.15, -0.1) is 0 Å². The van der Waals surface area contributed by atoms with Gasteiger partial charge in [0.25, 0.3) is 5.91 Å². The van der Waals surface area contributed by atoms with Crippen molar-refractivity contribution in [1.82, 2.24) is 4.90 Å². The molecule has 0 aliphatic carbocycles. The molecule has 1 aliphatic heterocycles. The Bertz CT molecular complexity index is 397. The zero-order valence-corrected chi connectivity index (χ0v) is 9.93. The van der Waals surface area contributed by atoms with Crippen LogP contribution in [0, 0.1) is 0 Å². The van der Waals surface area contributed by atoms with Gasteiger partial charge in [0.1, 0.15) is 5.75 Å². The molecular weight excluding hydrogens is 218 g/mol. The Morgan fingerprint density at radius 3 is 2.76 bits per heavy atom. The summed E-state index contributed by atoms with van der Waals surface area (Å²) in [4.78, 5) is 13.9. The average molecular weight is 235 g/mol. The van der Waals surface area contributed by atoms with E-state index in [0.717, 1.165) is 0 Å². The first-order valence-electron chi connectivity index (χ1n) is 5.82. The third kappa shape index (κ3) is 2.77. The summed E-state index contributed by atoms with van der Waals surface area (Å²) in [7, 11) is 1.58. The number of methoxy groups -OCH3 is 1. The molecule has 0 aromatic heterocycles. The van der Waals surface area contributed by atoms with Crippen molar-refractivity contribution in [3.8, 4) is 5.75 Å². The zero-order valence-electron chi connectivity index (χ0n) is 9.93. The van der Waals surface area contributed by atoms with Gasteiger partial charge in [0, 0.05) is 18.7 Å². The van der Waals surface area contributed by atoms with Crippen LogP contribution in [0.15, 0.2) is 24.3 Å². The maximum absolute atomic E-state index is 12.2. The second kappa shape index (κ2) is 5.19. The molecule has 92 valence electrons. The highest BCUT2D eigenvalue weighted by Gasteiger charge is 2.22. The van der Waals surface area contributed by atoms with Crippen LogP contribution in [0.2, 0.25) is 0 Å². The van der Waals surface area contributed by atoms with Crippen molar-refractivity contribution < 1.29 is 14.6 Å². The van der Waals surface area contributed by atoms with Crippen molar-refractivity contribution in [2.24, 2.45) is 0 Å². The van der Waals surface area contributed by atoms with Crippen LogP contribution < -0.4 is 4.74 Å². The fourth-order valence-corrected chi connectivity index (χ4v) is 2.01. The first kappa shape index (κ1) is 11.9. The molecule has 4 nitrogen and oxygen atoms in total. The summed E-state index contributed by atoms with van der Waals surface area (Å²) in [6.45, 7) is 1.24. The van der Waals surface area contributed by atoms with Crippen molar-refractivity contribution in [2.75, 3.05) is 20.2 Å². The SMILES string of the molecule is COc1cccc(C(=O)N2CCC(O)CC2)c1. The Hall–Kier alpha value is -1.55. The minimum absolute atomic E-state index is 0.0100. The second-order valence-electron chi connectivity index (χ2n) is 4.26. The average Bonchev–Trinajstić information content (AvgIpc) is 2.39. The van der Waals surface area contributed by atoms with Crippen LogP contribution in [0.1, 0.15) is 23.2 Å². The highest BCUT2D eigenvalue weighted by Crippen LogP contribution is 2.17. The lowest BCUT2D eigenvalue weighted by Gasteiger charge is -2.29. The molecule has 17 heavy (non-hydrogen) atoms. The lowest BCUT2D eigenvalue weighted by atomic mass is 10.1. The lowest BCUT2D eigenvalue weighted by molar-refractivity contribution is 0.0546. The molecule has 0 radical (unpaired) electrons. The molecule has 1 heterocycles. The number of aliphatic hydroxyl groups excluding tert-OH is 1. The Balaban J connectivity index is 2.08. The quantitative estimate of drug-likeness (QED) is 0.840. The number of likely N-dealkylation sites (tertiary alicyclic amines) is 1. The lowest BCUT2D eigenvalue weighted by Crippen LogP contribution is -2.40. The Morgan fingerprint density at radius 2 is 2.12 bits per heavy atom. The number of benzene rings is 1. The Labute approximate surface area is 101 Å². The number of ether oxygens (including phenoxy) is 1. The number of hydrogen-bond acceptors (Lipinski definition) is 3. The maximum atomic E-state index is 12.2. The summed E-state index contributed by atoms with van der Waals surface area (Å²) in [6.07, 6.45) is 1.06. The molecule has 1 N–H and O–H groups in total. The minimum atomic E-state index is -0.260. The molecule has 0 saturated carbocycles. The van der Waals surface area contributed by atoms with Crippen LogP contribution in [0.4, 0.5) is 0 Å². The normalized spacial score (nSPS) is 16.9. The van der Waals surface area contributed by atoms with Gasteiger partial charge < -0.3 is 14.7 Å². The summed E-state index contributed by atoms with van der Waals surface area (Å²) in [5, 5.41) is 9.40. The predicted octanol–water partition coefficient (Wildman–Crippen LogP) is 1.29. The number of rotatable bonds is 2. The van der Waals surface area contributed by atoms with Crippen LogP contribution in [-0.2, 0) is 0 Å². The standard InChI is InChI=1S/C13H17NO3/c1-17-12-4-2-3-10(9-12)13(16)14-7-5-11(15)6-8-14/h2-4,9,11,15H,5-8H2,1H3. The number of carbonyl (C=O) groups is 1. The van der Waals surface area contributed by atoms with E-state index in [1.807, 2.05) is 12.1 Å². The molecule has 0 unspecified atom stereocenters. The largest absolute Gasteiger partial charge is 0.497 e. The number of nitrogens with zero attached hydrogens (tertiary/aromatic N) is 1. The molecule has 4 heteroatoms. The van der Waals surface area contributed by atoms with Gasteiger partial charge >= 0.3 is 0 Å². The topological polar surface area (TPSA) is 49.8 Å². The Kier molecular flexibility index (Phi) is 3.64. The molecule has 0 atom stereocenters. The summed E-state index contributed by atoms with van der Waals surface area (Å²) in [5.74, 6) is 0.698. The van der Waals surface area contributed by atoms with E-state index < -0.39 is 0 Å². The summed E-state index contributed by atoms with van der Waals surface area (Å²) >= 11 is 0. The molecule has 2 rings (SSSR count). The third-order valence-corrected chi connectivity index (χ3v) is 3.07. The van der Waals surface area contributed by atoms with E-state index in [2.05, 4.69) is 0 Å². The maximum Gasteiger partial charge on any atom is 0.253 e. The number of hydrogen-bond donors (Lipinski definition) is 1. The van der Waals surface area contributed by atoms with Crippen LogP contribution >= 0.6 is 0 Å². The smallest absolute Gasteiger partial charge is 0.253 e. The van der Waals surface area contributed by atoms with Gasteiger partial charge in [0.15, 0.2) is 0 Å². The molecule has 1 aromatic carbocycles. The molecule has 1 amide bonds. The van der Waals surface area contributed by atoms with Gasteiger partial charge in [-0.05, 0) is 31.0 Å². The number of piperidine rings is 1. The third-order valence-electron chi connectivity index (χ3n) is 3.07. The first-order valence-corrected chi connectivity index (χ1v) is 5.82. The first-order chi connectivity index (χ1) is 8.20. The van der Waals surface area contributed by atoms with Gasteiger partial charge in [-0.3, -0.25) is 4.79 Å². The van der Waals surface area contributed by atoms with Gasteiger partial charge in [-0.25, -0.2) is 0 Å². The highest BCUT2D eigenvalue weighted by atomic mass is 16.5. The second-order valence-corrected chi connectivity index (χ2v) is 4.26. The van der Waals surface area contributed by atoms with Crippen molar-refractivity contribution in [1.29, 1.82) is 0 Å². The monoisotopic (exact) mass is 235 g/mol. The Morgan fingerprint density at radius 1 is 1.41 bits per heavy atom. The minimum Gasteiger partial charge on any atom is -0.497 e. The molecule has 0 bridgehead atoms. The van der Waals surface area contributed by atoms with E-state index in [0.29, 0.717) is 37.2 Å². The number of aliphatic hydroxyl groups is 1. The van der Waals surface area contributed by atoms with Gasteiger partial charge in [-0.1, -0.05) is 6.07 Å². The van der Waals surface area contributed by atoms with Gasteiger partial charge in [-0.2, -0.15) is 0 Å². The van der Waals surface area contributed by atoms with Gasteiger partial charge in [0.05, 0.1) is 13.2 Å². The van der Waals surface area contributed by atoms with Crippen molar-refractivity contribution in [3.05, 3.63) is 29.8 Å². The van der Waals surface area contributed by atoms with Crippen molar-refractivity contribution in [2.45, 2.75) is 18.9 Å².